The monoisotopic (exact) mass is 297 g/mol. The molecule has 0 bridgehead atoms. The summed E-state index contributed by atoms with van der Waals surface area (Å²) in [6.45, 7) is 14.9. The minimum Gasteiger partial charge on any atom is -0.379 e. The summed E-state index contributed by atoms with van der Waals surface area (Å²) in [5.74, 6) is 3.49. The molecule has 126 valence electrons. The van der Waals surface area contributed by atoms with E-state index in [0.29, 0.717) is 6.04 Å². The Kier molecular flexibility index (Phi) is 7.70. The van der Waals surface area contributed by atoms with E-state index >= 15 is 0 Å². The topological polar surface area (TPSA) is 21.3 Å². The number of methoxy groups -OCH3 is 1. The van der Waals surface area contributed by atoms with E-state index in [4.69, 9.17) is 4.74 Å². The van der Waals surface area contributed by atoms with Gasteiger partial charge in [0, 0.05) is 13.2 Å². The van der Waals surface area contributed by atoms with Gasteiger partial charge in [0.2, 0.25) is 0 Å². The second-order valence-electron chi connectivity index (χ2n) is 8.40. The summed E-state index contributed by atoms with van der Waals surface area (Å²) in [6, 6.07) is 0.601. The van der Waals surface area contributed by atoms with Gasteiger partial charge in [-0.15, -0.1) is 0 Å². The van der Waals surface area contributed by atoms with Crippen molar-refractivity contribution in [3.8, 4) is 0 Å². The molecule has 0 heterocycles. The molecular formula is C19H39NO. The molecule has 0 aromatic rings. The fourth-order valence-electron chi connectivity index (χ4n) is 3.61. The molecule has 1 fully saturated rings. The van der Waals surface area contributed by atoms with Crippen molar-refractivity contribution in [3.63, 3.8) is 0 Å². The average molecular weight is 298 g/mol. The highest BCUT2D eigenvalue weighted by Gasteiger charge is 2.32. The van der Waals surface area contributed by atoms with Gasteiger partial charge in [0.05, 0.1) is 5.60 Å². The SMILES string of the molecule is COC(C)(C)CCC1CC(C(C)C)CCC1CNC(C)C. The van der Waals surface area contributed by atoms with Gasteiger partial charge in [0.25, 0.3) is 0 Å². The highest BCUT2D eigenvalue weighted by molar-refractivity contribution is 4.84. The van der Waals surface area contributed by atoms with Crippen LogP contribution in [-0.4, -0.2) is 25.3 Å². The molecule has 0 radical (unpaired) electrons. The maximum atomic E-state index is 5.62. The Balaban J connectivity index is 2.59. The van der Waals surface area contributed by atoms with Gasteiger partial charge in [-0.1, -0.05) is 27.7 Å². The molecule has 0 aromatic heterocycles. The third-order valence-corrected chi connectivity index (χ3v) is 5.58. The van der Waals surface area contributed by atoms with Crippen molar-refractivity contribution in [2.24, 2.45) is 23.7 Å². The van der Waals surface area contributed by atoms with Gasteiger partial charge in [-0.2, -0.15) is 0 Å². The van der Waals surface area contributed by atoms with Crippen molar-refractivity contribution >= 4 is 0 Å². The third kappa shape index (κ3) is 6.69. The summed E-state index contributed by atoms with van der Waals surface area (Å²) >= 11 is 0. The first-order valence-corrected chi connectivity index (χ1v) is 9.03. The Hall–Kier alpha value is -0.0800. The minimum absolute atomic E-state index is 0.0286. The van der Waals surface area contributed by atoms with Gasteiger partial charge >= 0.3 is 0 Å². The van der Waals surface area contributed by atoms with Gasteiger partial charge < -0.3 is 10.1 Å². The van der Waals surface area contributed by atoms with E-state index in [0.717, 1.165) is 23.7 Å². The lowest BCUT2D eigenvalue weighted by Crippen LogP contribution is -2.37. The van der Waals surface area contributed by atoms with Crippen LogP contribution in [0, 0.1) is 23.7 Å². The maximum Gasteiger partial charge on any atom is 0.0622 e. The van der Waals surface area contributed by atoms with Crippen LogP contribution in [0.15, 0.2) is 0 Å². The van der Waals surface area contributed by atoms with Gasteiger partial charge in [-0.3, -0.25) is 0 Å². The summed E-state index contributed by atoms with van der Waals surface area (Å²) in [7, 11) is 1.84. The van der Waals surface area contributed by atoms with E-state index in [1.807, 2.05) is 7.11 Å². The molecule has 0 amide bonds. The molecule has 0 spiro atoms. The van der Waals surface area contributed by atoms with Crippen LogP contribution in [0.1, 0.15) is 73.6 Å². The summed E-state index contributed by atoms with van der Waals surface area (Å²) < 4.78 is 5.62. The van der Waals surface area contributed by atoms with Crippen LogP contribution in [0.3, 0.4) is 0 Å². The molecule has 21 heavy (non-hydrogen) atoms. The second-order valence-corrected chi connectivity index (χ2v) is 8.40. The highest BCUT2D eigenvalue weighted by atomic mass is 16.5. The Bertz CT molecular complexity index is 285. The largest absolute Gasteiger partial charge is 0.379 e. The van der Waals surface area contributed by atoms with E-state index in [1.54, 1.807) is 0 Å². The lowest BCUT2D eigenvalue weighted by atomic mass is 9.68. The number of hydrogen-bond acceptors (Lipinski definition) is 2. The first-order chi connectivity index (χ1) is 9.75. The van der Waals surface area contributed by atoms with E-state index in [9.17, 15) is 0 Å². The smallest absolute Gasteiger partial charge is 0.0622 e. The molecule has 0 saturated heterocycles. The van der Waals surface area contributed by atoms with Crippen LogP contribution in [0.25, 0.3) is 0 Å². The first kappa shape index (κ1) is 19.0. The summed E-state index contributed by atoms with van der Waals surface area (Å²) in [6.07, 6.45) is 6.74. The lowest BCUT2D eigenvalue weighted by molar-refractivity contribution is 0.00342. The molecule has 0 aliphatic heterocycles. The molecule has 1 aliphatic rings. The Morgan fingerprint density at radius 2 is 1.76 bits per heavy atom. The van der Waals surface area contributed by atoms with Crippen molar-refractivity contribution < 1.29 is 4.74 Å². The van der Waals surface area contributed by atoms with Crippen molar-refractivity contribution in [2.75, 3.05) is 13.7 Å². The molecular weight excluding hydrogens is 258 g/mol. The lowest BCUT2D eigenvalue weighted by Gasteiger charge is -2.39. The Labute approximate surface area is 133 Å². The molecule has 2 heteroatoms. The Morgan fingerprint density at radius 1 is 1.10 bits per heavy atom. The first-order valence-electron chi connectivity index (χ1n) is 9.03. The maximum absolute atomic E-state index is 5.62. The van der Waals surface area contributed by atoms with Crippen LogP contribution in [-0.2, 0) is 4.74 Å². The van der Waals surface area contributed by atoms with Crippen LogP contribution in [0.4, 0.5) is 0 Å². The quantitative estimate of drug-likeness (QED) is 0.689. The predicted molar refractivity (Wildman–Crippen MR) is 92.6 cm³/mol. The Morgan fingerprint density at radius 3 is 2.29 bits per heavy atom. The molecule has 0 aromatic carbocycles. The fraction of sp³-hybridized carbons (Fsp3) is 1.00. The zero-order chi connectivity index (χ0) is 16.0. The summed E-state index contributed by atoms with van der Waals surface area (Å²) in [5, 5.41) is 3.67. The molecule has 1 N–H and O–H groups in total. The van der Waals surface area contributed by atoms with Crippen molar-refractivity contribution in [3.05, 3.63) is 0 Å². The van der Waals surface area contributed by atoms with Gasteiger partial charge in [-0.25, -0.2) is 0 Å². The highest BCUT2D eigenvalue weighted by Crippen LogP contribution is 2.40. The van der Waals surface area contributed by atoms with E-state index in [2.05, 4.69) is 46.9 Å². The zero-order valence-corrected chi connectivity index (χ0v) is 15.5. The molecule has 1 aliphatic carbocycles. The zero-order valence-electron chi connectivity index (χ0n) is 15.5. The molecule has 3 atom stereocenters. The van der Waals surface area contributed by atoms with E-state index in [-0.39, 0.29) is 5.60 Å². The molecule has 1 rings (SSSR count). The molecule has 1 saturated carbocycles. The third-order valence-electron chi connectivity index (χ3n) is 5.58. The standard InChI is InChI=1S/C19H39NO/c1-14(2)16-8-9-18(13-20-15(3)4)17(12-16)10-11-19(5,6)21-7/h14-18,20H,8-13H2,1-7H3. The molecule has 2 nitrogen and oxygen atoms in total. The van der Waals surface area contributed by atoms with Crippen molar-refractivity contribution in [2.45, 2.75) is 85.3 Å². The average Bonchev–Trinajstić information content (AvgIpc) is 2.43. The van der Waals surface area contributed by atoms with E-state index in [1.165, 1.54) is 38.6 Å². The summed E-state index contributed by atoms with van der Waals surface area (Å²) in [4.78, 5) is 0. The predicted octanol–water partition coefficient (Wildman–Crippen LogP) is 4.88. The fourth-order valence-corrected chi connectivity index (χ4v) is 3.61. The van der Waals surface area contributed by atoms with Crippen molar-refractivity contribution in [1.82, 2.24) is 5.32 Å². The van der Waals surface area contributed by atoms with E-state index < -0.39 is 0 Å². The number of nitrogens with one attached hydrogen (secondary N) is 1. The minimum atomic E-state index is 0.0286. The number of rotatable bonds is 8. The van der Waals surface area contributed by atoms with Gasteiger partial charge in [0.15, 0.2) is 0 Å². The van der Waals surface area contributed by atoms with Crippen LogP contribution in [0.5, 0.6) is 0 Å². The van der Waals surface area contributed by atoms with Gasteiger partial charge in [0.1, 0.15) is 0 Å². The van der Waals surface area contributed by atoms with Crippen LogP contribution < -0.4 is 5.32 Å². The summed E-state index contributed by atoms with van der Waals surface area (Å²) in [5.41, 5.74) is 0.0286. The van der Waals surface area contributed by atoms with Crippen LogP contribution in [0.2, 0.25) is 0 Å². The number of ether oxygens (including phenoxy) is 1. The normalized spacial score (nSPS) is 27.6. The number of hydrogen-bond donors (Lipinski definition) is 1. The van der Waals surface area contributed by atoms with Crippen molar-refractivity contribution in [1.29, 1.82) is 0 Å². The molecule has 3 unspecified atom stereocenters. The van der Waals surface area contributed by atoms with Crippen LogP contribution >= 0.6 is 0 Å². The second kappa shape index (κ2) is 8.53. The van der Waals surface area contributed by atoms with Gasteiger partial charge in [-0.05, 0) is 76.2 Å².